The molecular formula is C15H14N8O. The predicted octanol–water partition coefficient (Wildman–Crippen LogP) is 1.37. The molecule has 0 spiro atoms. The zero-order valence-corrected chi connectivity index (χ0v) is 13.1. The van der Waals surface area contributed by atoms with Crippen LogP contribution in [0.4, 0.5) is 11.6 Å². The van der Waals surface area contributed by atoms with Crippen LogP contribution in [0.15, 0.2) is 30.6 Å². The fourth-order valence-corrected chi connectivity index (χ4v) is 2.51. The third kappa shape index (κ3) is 2.14. The number of methoxy groups -OCH3 is 1. The lowest BCUT2D eigenvalue weighted by Crippen LogP contribution is -2.00. The number of anilines is 2. The molecule has 0 fully saturated rings. The van der Waals surface area contributed by atoms with E-state index in [1.54, 1.807) is 37.1 Å². The molecule has 4 aromatic rings. The van der Waals surface area contributed by atoms with E-state index < -0.39 is 0 Å². The van der Waals surface area contributed by atoms with E-state index in [2.05, 4.69) is 30.6 Å². The van der Waals surface area contributed by atoms with Gasteiger partial charge in [-0.3, -0.25) is 0 Å². The van der Waals surface area contributed by atoms with Gasteiger partial charge in [-0.1, -0.05) is 0 Å². The van der Waals surface area contributed by atoms with Crippen LogP contribution >= 0.6 is 0 Å². The maximum atomic E-state index is 5.80. The lowest BCUT2D eigenvalue weighted by atomic mass is 10.1. The summed E-state index contributed by atoms with van der Waals surface area (Å²) in [5.41, 5.74) is 7.84. The van der Waals surface area contributed by atoms with Crippen molar-refractivity contribution in [1.29, 1.82) is 0 Å². The number of rotatable bonds is 3. The monoisotopic (exact) mass is 322 g/mol. The quantitative estimate of drug-likeness (QED) is 0.581. The highest BCUT2D eigenvalue weighted by Gasteiger charge is 2.15. The van der Waals surface area contributed by atoms with Crippen molar-refractivity contribution in [2.75, 3.05) is 25.2 Å². The van der Waals surface area contributed by atoms with Gasteiger partial charge in [0.1, 0.15) is 17.1 Å². The summed E-state index contributed by atoms with van der Waals surface area (Å²) in [5, 5.41) is 16.3. The normalized spacial score (nSPS) is 11.1. The molecule has 0 atom stereocenters. The summed E-state index contributed by atoms with van der Waals surface area (Å²) in [7, 11) is 3.38. The Morgan fingerprint density at radius 1 is 1.25 bits per heavy atom. The number of fused-ring (bicyclic) bond motifs is 2. The van der Waals surface area contributed by atoms with Gasteiger partial charge in [-0.05, 0) is 18.2 Å². The van der Waals surface area contributed by atoms with Gasteiger partial charge in [0.2, 0.25) is 0 Å². The maximum absolute atomic E-state index is 5.80. The molecule has 0 aromatic carbocycles. The van der Waals surface area contributed by atoms with Gasteiger partial charge in [-0.15, -0.1) is 15.3 Å². The summed E-state index contributed by atoms with van der Waals surface area (Å²) < 4.78 is 6.87. The largest absolute Gasteiger partial charge is 0.495 e. The number of nitrogens with two attached hydrogens (primary N) is 1. The molecule has 4 heterocycles. The van der Waals surface area contributed by atoms with Crippen molar-refractivity contribution in [1.82, 2.24) is 29.8 Å². The molecule has 4 aromatic heterocycles. The van der Waals surface area contributed by atoms with Crippen LogP contribution in [0.2, 0.25) is 0 Å². The molecule has 3 N–H and O–H groups in total. The highest BCUT2D eigenvalue weighted by molar-refractivity contribution is 5.98. The van der Waals surface area contributed by atoms with Crippen molar-refractivity contribution < 1.29 is 4.74 Å². The number of hydrogen-bond donors (Lipinski definition) is 2. The average Bonchev–Trinajstić information content (AvgIpc) is 3.03. The second-order valence-corrected chi connectivity index (χ2v) is 5.11. The number of ether oxygens (including phenoxy) is 1. The van der Waals surface area contributed by atoms with E-state index in [9.17, 15) is 0 Å². The predicted molar refractivity (Wildman–Crippen MR) is 89.8 cm³/mol. The Kier molecular flexibility index (Phi) is 3.12. The van der Waals surface area contributed by atoms with Crippen molar-refractivity contribution in [3.05, 3.63) is 30.6 Å². The van der Waals surface area contributed by atoms with Gasteiger partial charge >= 0.3 is 0 Å². The van der Waals surface area contributed by atoms with E-state index in [4.69, 9.17) is 10.5 Å². The van der Waals surface area contributed by atoms with Gasteiger partial charge in [-0.25, -0.2) is 14.5 Å². The Balaban J connectivity index is 1.97. The van der Waals surface area contributed by atoms with Crippen LogP contribution in [0.25, 0.3) is 27.9 Å². The smallest absolute Gasteiger partial charge is 0.184 e. The van der Waals surface area contributed by atoms with Gasteiger partial charge in [0.15, 0.2) is 17.3 Å². The molecule has 0 saturated heterocycles. The van der Waals surface area contributed by atoms with Crippen molar-refractivity contribution >= 4 is 28.2 Å². The SMILES string of the molecule is CNc1ncc(-c2nc3ccc(OC)cn3n2)c2cc(N)nnc12. The third-order valence-corrected chi connectivity index (χ3v) is 3.67. The topological polar surface area (TPSA) is 116 Å². The molecule has 0 amide bonds. The van der Waals surface area contributed by atoms with E-state index in [1.165, 1.54) is 0 Å². The van der Waals surface area contributed by atoms with E-state index >= 15 is 0 Å². The molecule has 0 radical (unpaired) electrons. The minimum Gasteiger partial charge on any atom is -0.495 e. The van der Waals surface area contributed by atoms with Crippen LogP contribution in [-0.2, 0) is 0 Å². The number of hydrogen-bond acceptors (Lipinski definition) is 8. The highest BCUT2D eigenvalue weighted by Crippen LogP contribution is 2.29. The number of aromatic nitrogens is 6. The molecule has 0 unspecified atom stereocenters. The number of nitrogen functional groups attached to an aromatic ring is 1. The first-order chi connectivity index (χ1) is 11.7. The molecule has 0 aliphatic heterocycles. The van der Waals surface area contributed by atoms with Crippen molar-refractivity contribution in [2.45, 2.75) is 0 Å². The highest BCUT2D eigenvalue weighted by atomic mass is 16.5. The maximum Gasteiger partial charge on any atom is 0.184 e. The summed E-state index contributed by atoms with van der Waals surface area (Å²) in [6.07, 6.45) is 3.46. The Morgan fingerprint density at radius 3 is 2.92 bits per heavy atom. The fourth-order valence-electron chi connectivity index (χ4n) is 2.51. The van der Waals surface area contributed by atoms with Crippen LogP contribution < -0.4 is 15.8 Å². The number of nitrogens with zero attached hydrogens (tertiary/aromatic N) is 6. The standard InChI is InChI=1S/C15H14N8O/c1-17-15-13-9(5-11(16)20-21-13)10(6-18-15)14-19-12-4-3-8(24-2)7-23(12)22-14/h3-7H,1-2H3,(H2,16,20)(H,17,18). The first-order valence-corrected chi connectivity index (χ1v) is 7.20. The summed E-state index contributed by atoms with van der Waals surface area (Å²) in [4.78, 5) is 8.91. The molecule has 0 saturated carbocycles. The zero-order valence-electron chi connectivity index (χ0n) is 13.1. The first-order valence-electron chi connectivity index (χ1n) is 7.20. The molecule has 0 aliphatic rings. The minimum atomic E-state index is 0.322. The Labute approximate surface area is 136 Å². The molecule has 9 heteroatoms. The summed E-state index contributed by atoms with van der Waals surface area (Å²) in [6.45, 7) is 0. The Bertz CT molecular complexity index is 1060. The molecular weight excluding hydrogens is 308 g/mol. The minimum absolute atomic E-state index is 0.322. The van der Waals surface area contributed by atoms with Crippen molar-refractivity contribution in [3.63, 3.8) is 0 Å². The molecule has 0 aliphatic carbocycles. The van der Waals surface area contributed by atoms with Gasteiger partial charge in [0, 0.05) is 24.2 Å². The second kappa shape index (κ2) is 5.30. The molecule has 24 heavy (non-hydrogen) atoms. The summed E-state index contributed by atoms with van der Waals surface area (Å²) in [5.74, 6) is 2.16. The molecule has 9 nitrogen and oxygen atoms in total. The zero-order chi connectivity index (χ0) is 16.7. The van der Waals surface area contributed by atoms with Crippen LogP contribution in [-0.4, -0.2) is 43.9 Å². The van der Waals surface area contributed by atoms with Crippen molar-refractivity contribution in [3.8, 4) is 17.1 Å². The van der Waals surface area contributed by atoms with Gasteiger partial charge in [-0.2, -0.15) is 0 Å². The van der Waals surface area contributed by atoms with Gasteiger partial charge in [0.05, 0.1) is 13.3 Å². The fraction of sp³-hybridized carbons (Fsp3) is 0.133. The van der Waals surface area contributed by atoms with Gasteiger partial charge in [0.25, 0.3) is 0 Å². The third-order valence-electron chi connectivity index (χ3n) is 3.67. The van der Waals surface area contributed by atoms with Crippen LogP contribution in [0.5, 0.6) is 5.75 Å². The second-order valence-electron chi connectivity index (χ2n) is 5.11. The Hall–Kier alpha value is -3.49. The molecule has 4 rings (SSSR count). The molecule has 0 bridgehead atoms. The van der Waals surface area contributed by atoms with E-state index in [1.807, 2.05) is 12.1 Å². The number of nitrogens with one attached hydrogen (secondary N) is 1. The van der Waals surface area contributed by atoms with Crippen molar-refractivity contribution in [2.24, 2.45) is 0 Å². The average molecular weight is 322 g/mol. The Morgan fingerprint density at radius 2 is 2.12 bits per heavy atom. The summed E-state index contributed by atoms with van der Waals surface area (Å²) in [6, 6.07) is 5.41. The summed E-state index contributed by atoms with van der Waals surface area (Å²) >= 11 is 0. The van der Waals surface area contributed by atoms with Crippen LogP contribution in [0, 0.1) is 0 Å². The lowest BCUT2D eigenvalue weighted by molar-refractivity contribution is 0.411. The van der Waals surface area contributed by atoms with E-state index in [0.29, 0.717) is 34.4 Å². The van der Waals surface area contributed by atoms with Crippen LogP contribution in [0.1, 0.15) is 0 Å². The van der Waals surface area contributed by atoms with E-state index in [-0.39, 0.29) is 0 Å². The van der Waals surface area contributed by atoms with E-state index in [0.717, 1.165) is 10.9 Å². The first kappa shape index (κ1) is 14.1. The lowest BCUT2D eigenvalue weighted by Gasteiger charge is -2.07. The van der Waals surface area contributed by atoms with Gasteiger partial charge < -0.3 is 15.8 Å². The van der Waals surface area contributed by atoms with Crippen LogP contribution in [0.3, 0.4) is 0 Å². The number of pyridine rings is 2. The molecule has 120 valence electrons.